The largest absolute Gasteiger partial charge is 0.497 e. The summed E-state index contributed by atoms with van der Waals surface area (Å²) < 4.78 is 5.30. The third-order valence-electron chi connectivity index (χ3n) is 4.21. The Morgan fingerprint density at radius 3 is 3.00 bits per heavy atom. The lowest BCUT2D eigenvalue weighted by Crippen LogP contribution is -2.26. The standard InChI is InChI=1S/C18H25N5O/c1-22(2)18-19-9-7-17(21-18)20-15-8-10-23(13-15)12-14-5-4-6-16(11-14)24-3/h4-7,9,11,15H,8,10,12-13H2,1-3H3,(H,19,20,21). The van der Waals surface area contributed by atoms with E-state index in [2.05, 4.69) is 32.3 Å². The lowest BCUT2D eigenvalue weighted by molar-refractivity contribution is 0.327. The molecule has 0 bridgehead atoms. The van der Waals surface area contributed by atoms with Gasteiger partial charge in [0.25, 0.3) is 0 Å². The van der Waals surface area contributed by atoms with E-state index in [1.807, 2.05) is 37.2 Å². The molecule has 6 nitrogen and oxygen atoms in total. The maximum Gasteiger partial charge on any atom is 0.226 e. The van der Waals surface area contributed by atoms with E-state index in [1.54, 1.807) is 13.3 Å². The number of hydrogen-bond donors (Lipinski definition) is 1. The maximum absolute atomic E-state index is 5.30. The highest BCUT2D eigenvalue weighted by Crippen LogP contribution is 2.19. The van der Waals surface area contributed by atoms with Crippen LogP contribution in [0, 0.1) is 0 Å². The Bertz CT molecular complexity index is 676. The zero-order valence-electron chi connectivity index (χ0n) is 14.6. The van der Waals surface area contributed by atoms with Crippen LogP contribution in [0.1, 0.15) is 12.0 Å². The lowest BCUT2D eigenvalue weighted by atomic mass is 10.2. The number of anilines is 2. The second-order valence-electron chi connectivity index (χ2n) is 6.35. The summed E-state index contributed by atoms with van der Waals surface area (Å²) >= 11 is 0. The van der Waals surface area contributed by atoms with Crippen LogP contribution in [-0.4, -0.2) is 55.2 Å². The molecule has 128 valence electrons. The van der Waals surface area contributed by atoms with Crippen LogP contribution in [0.25, 0.3) is 0 Å². The Hall–Kier alpha value is -2.34. The first kappa shape index (κ1) is 16.5. The third-order valence-corrected chi connectivity index (χ3v) is 4.21. The molecule has 1 unspecified atom stereocenters. The van der Waals surface area contributed by atoms with Crippen LogP contribution in [0.4, 0.5) is 11.8 Å². The van der Waals surface area contributed by atoms with Gasteiger partial charge >= 0.3 is 0 Å². The van der Waals surface area contributed by atoms with Crippen LogP contribution in [0.2, 0.25) is 0 Å². The summed E-state index contributed by atoms with van der Waals surface area (Å²) in [5.74, 6) is 2.53. The van der Waals surface area contributed by atoms with Crippen molar-refractivity contribution in [3.05, 3.63) is 42.1 Å². The quantitative estimate of drug-likeness (QED) is 0.878. The minimum absolute atomic E-state index is 0.417. The summed E-state index contributed by atoms with van der Waals surface area (Å²) in [6, 6.07) is 10.6. The molecule has 2 heterocycles. The second kappa shape index (κ2) is 7.49. The van der Waals surface area contributed by atoms with E-state index in [4.69, 9.17) is 4.74 Å². The molecule has 3 rings (SSSR count). The first-order chi connectivity index (χ1) is 11.6. The van der Waals surface area contributed by atoms with Gasteiger partial charge in [-0.05, 0) is 30.2 Å². The summed E-state index contributed by atoms with van der Waals surface area (Å²) in [4.78, 5) is 13.2. The SMILES string of the molecule is COc1cccc(CN2CCC(Nc3ccnc(N(C)C)n3)C2)c1. The molecular formula is C18H25N5O. The van der Waals surface area contributed by atoms with Gasteiger partial charge in [0.2, 0.25) is 5.95 Å². The number of nitrogens with zero attached hydrogens (tertiary/aromatic N) is 4. The lowest BCUT2D eigenvalue weighted by Gasteiger charge is -2.18. The Morgan fingerprint density at radius 1 is 1.33 bits per heavy atom. The molecule has 0 amide bonds. The number of benzene rings is 1. The van der Waals surface area contributed by atoms with E-state index >= 15 is 0 Å². The molecule has 0 spiro atoms. The Morgan fingerprint density at radius 2 is 2.21 bits per heavy atom. The van der Waals surface area contributed by atoms with E-state index in [9.17, 15) is 0 Å². The van der Waals surface area contributed by atoms with Gasteiger partial charge in [-0.25, -0.2) is 4.98 Å². The molecule has 1 fully saturated rings. The van der Waals surface area contributed by atoms with Crippen molar-refractivity contribution in [1.82, 2.24) is 14.9 Å². The van der Waals surface area contributed by atoms with E-state index in [0.29, 0.717) is 6.04 Å². The fraction of sp³-hybridized carbons (Fsp3) is 0.444. The smallest absolute Gasteiger partial charge is 0.226 e. The molecule has 1 aliphatic heterocycles. The second-order valence-corrected chi connectivity index (χ2v) is 6.35. The van der Waals surface area contributed by atoms with Gasteiger partial charge in [-0.15, -0.1) is 0 Å². The van der Waals surface area contributed by atoms with Crippen LogP contribution in [0.3, 0.4) is 0 Å². The first-order valence-corrected chi connectivity index (χ1v) is 8.26. The van der Waals surface area contributed by atoms with Crippen LogP contribution >= 0.6 is 0 Å². The molecule has 6 heteroatoms. The normalized spacial score (nSPS) is 17.7. The average molecular weight is 327 g/mol. The van der Waals surface area contributed by atoms with Gasteiger partial charge in [-0.1, -0.05) is 12.1 Å². The van der Waals surface area contributed by atoms with E-state index in [0.717, 1.165) is 43.6 Å². The van der Waals surface area contributed by atoms with Crippen molar-refractivity contribution in [3.8, 4) is 5.75 Å². The minimum Gasteiger partial charge on any atom is -0.497 e. The van der Waals surface area contributed by atoms with Gasteiger partial charge in [0, 0.05) is 46.0 Å². The molecule has 1 atom stereocenters. The number of likely N-dealkylation sites (tertiary alicyclic amines) is 1. The number of rotatable bonds is 6. The predicted octanol–water partition coefficient (Wildman–Crippen LogP) is 2.24. The summed E-state index contributed by atoms with van der Waals surface area (Å²) in [5, 5.41) is 3.53. The molecule has 1 aromatic carbocycles. The van der Waals surface area contributed by atoms with Gasteiger partial charge in [0.1, 0.15) is 11.6 Å². The van der Waals surface area contributed by atoms with Gasteiger partial charge in [0.05, 0.1) is 7.11 Å². The highest BCUT2D eigenvalue weighted by Gasteiger charge is 2.22. The number of ether oxygens (including phenoxy) is 1. The summed E-state index contributed by atoms with van der Waals surface area (Å²) in [6.07, 6.45) is 2.92. The van der Waals surface area contributed by atoms with Crippen LogP contribution in [0.5, 0.6) is 5.75 Å². The molecule has 24 heavy (non-hydrogen) atoms. The molecule has 1 aromatic heterocycles. The molecule has 0 radical (unpaired) electrons. The first-order valence-electron chi connectivity index (χ1n) is 8.26. The zero-order chi connectivity index (χ0) is 16.9. The molecule has 1 aliphatic rings. The molecule has 1 saturated heterocycles. The molecule has 2 aromatic rings. The highest BCUT2D eigenvalue weighted by molar-refractivity contribution is 5.41. The van der Waals surface area contributed by atoms with Crippen LogP contribution in [0.15, 0.2) is 36.5 Å². The van der Waals surface area contributed by atoms with Crippen molar-refractivity contribution in [1.29, 1.82) is 0 Å². The fourth-order valence-electron chi connectivity index (χ4n) is 2.98. The Balaban J connectivity index is 1.56. The van der Waals surface area contributed by atoms with Gasteiger partial charge < -0.3 is 15.0 Å². The molecule has 1 N–H and O–H groups in total. The van der Waals surface area contributed by atoms with Crippen molar-refractivity contribution in [3.63, 3.8) is 0 Å². The summed E-state index contributed by atoms with van der Waals surface area (Å²) in [6.45, 7) is 3.04. The monoisotopic (exact) mass is 327 g/mol. The number of nitrogens with one attached hydrogen (secondary N) is 1. The zero-order valence-corrected chi connectivity index (χ0v) is 14.6. The third kappa shape index (κ3) is 4.14. The summed E-state index contributed by atoms with van der Waals surface area (Å²) in [5.41, 5.74) is 1.28. The fourth-order valence-corrected chi connectivity index (χ4v) is 2.98. The van der Waals surface area contributed by atoms with E-state index < -0.39 is 0 Å². The Labute approximate surface area is 143 Å². The van der Waals surface area contributed by atoms with Crippen molar-refractivity contribution in [2.45, 2.75) is 19.0 Å². The van der Waals surface area contributed by atoms with Crippen molar-refractivity contribution >= 4 is 11.8 Å². The van der Waals surface area contributed by atoms with E-state index in [-0.39, 0.29) is 0 Å². The average Bonchev–Trinajstić information content (AvgIpc) is 3.02. The number of methoxy groups -OCH3 is 1. The molecular weight excluding hydrogens is 302 g/mol. The molecule has 0 aliphatic carbocycles. The van der Waals surface area contributed by atoms with Gasteiger partial charge in [0.15, 0.2) is 0 Å². The maximum atomic E-state index is 5.30. The highest BCUT2D eigenvalue weighted by atomic mass is 16.5. The van der Waals surface area contributed by atoms with Crippen molar-refractivity contribution in [2.75, 3.05) is 44.5 Å². The topological polar surface area (TPSA) is 53.5 Å². The number of aromatic nitrogens is 2. The molecule has 0 saturated carbocycles. The van der Waals surface area contributed by atoms with Crippen molar-refractivity contribution in [2.24, 2.45) is 0 Å². The predicted molar refractivity (Wildman–Crippen MR) is 96.7 cm³/mol. The van der Waals surface area contributed by atoms with Gasteiger partial charge in [-0.2, -0.15) is 4.98 Å². The van der Waals surface area contributed by atoms with Crippen molar-refractivity contribution < 1.29 is 4.74 Å². The van der Waals surface area contributed by atoms with Gasteiger partial charge in [-0.3, -0.25) is 4.90 Å². The minimum atomic E-state index is 0.417. The van der Waals surface area contributed by atoms with Crippen LogP contribution in [-0.2, 0) is 6.54 Å². The Kier molecular flexibility index (Phi) is 5.15. The summed E-state index contributed by atoms with van der Waals surface area (Å²) in [7, 11) is 5.60. The van der Waals surface area contributed by atoms with E-state index in [1.165, 1.54) is 5.56 Å². The number of hydrogen-bond acceptors (Lipinski definition) is 6. The van der Waals surface area contributed by atoms with Crippen LogP contribution < -0.4 is 15.0 Å².